The molecule has 11 aromatic rings. The minimum Gasteiger partial charge on any atom is -0.455 e. The van der Waals surface area contributed by atoms with Gasteiger partial charge in [0, 0.05) is 38.7 Å². The lowest BCUT2D eigenvalue weighted by Gasteiger charge is -2.28. The van der Waals surface area contributed by atoms with E-state index in [0.717, 1.165) is 76.9 Å². The number of rotatable bonds is 7. The SMILES string of the molecule is [2H]c1c([2H])c(N(c2ccc(-c3ccccc3)cc2)c2ccccc2-c2cccc3c2oc2c4ccccc4ccc32)c([2H])c([2H])c1-c1ccc(-c2cccc3ccccc23)cc1. The molecule has 0 aliphatic carbocycles. The van der Waals surface area contributed by atoms with Gasteiger partial charge >= 0.3 is 0 Å². The van der Waals surface area contributed by atoms with Gasteiger partial charge in [0.25, 0.3) is 0 Å². The Morgan fingerprint density at radius 3 is 1.66 bits per heavy atom. The maximum absolute atomic E-state index is 9.70. The lowest BCUT2D eigenvalue weighted by atomic mass is 9.96. The smallest absolute Gasteiger partial charge is 0.143 e. The van der Waals surface area contributed by atoms with Gasteiger partial charge in [-0.1, -0.05) is 188 Å². The van der Waals surface area contributed by atoms with Crippen LogP contribution in [0.5, 0.6) is 0 Å². The summed E-state index contributed by atoms with van der Waals surface area (Å²) in [5, 5.41) is 6.42. The average molecular weight is 744 g/mol. The number of furan rings is 1. The van der Waals surface area contributed by atoms with Crippen molar-refractivity contribution < 1.29 is 9.90 Å². The first kappa shape index (κ1) is 29.6. The third kappa shape index (κ3) is 5.82. The zero-order chi connectivity index (χ0) is 41.9. The first-order valence-electron chi connectivity index (χ1n) is 21.5. The van der Waals surface area contributed by atoms with Crippen LogP contribution < -0.4 is 4.90 Å². The van der Waals surface area contributed by atoms with Crippen molar-refractivity contribution in [3.05, 3.63) is 224 Å². The van der Waals surface area contributed by atoms with E-state index in [1.807, 2.05) is 138 Å². The van der Waals surface area contributed by atoms with Gasteiger partial charge < -0.3 is 9.32 Å². The summed E-state index contributed by atoms with van der Waals surface area (Å²) in [6.45, 7) is 0. The molecule has 0 saturated heterocycles. The van der Waals surface area contributed by atoms with E-state index < -0.39 is 0 Å². The molecule has 0 atom stereocenters. The second-order valence-electron chi connectivity index (χ2n) is 14.5. The van der Waals surface area contributed by atoms with E-state index in [1.54, 1.807) is 0 Å². The molecule has 0 bridgehead atoms. The Labute approximate surface area is 343 Å². The van der Waals surface area contributed by atoms with Crippen LogP contribution in [0.15, 0.2) is 229 Å². The molecular formula is C56H37NO. The van der Waals surface area contributed by atoms with Crippen LogP contribution in [0.25, 0.3) is 88.0 Å². The third-order valence-electron chi connectivity index (χ3n) is 11.2. The van der Waals surface area contributed by atoms with Crippen molar-refractivity contribution in [1.82, 2.24) is 0 Å². The van der Waals surface area contributed by atoms with Crippen molar-refractivity contribution in [3.63, 3.8) is 0 Å². The maximum Gasteiger partial charge on any atom is 0.143 e. The molecule has 0 radical (unpaired) electrons. The summed E-state index contributed by atoms with van der Waals surface area (Å²) in [7, 11) is 0. The molecule has 0 N–H and O–H groups in total. The number of para-hydroxylation sites is 2. The van der Waals surface area contributed by atoms with Gasteiger partial charge in [0.15, 0.2) is 0 Å². The number of fused-ring (bicyclic) bond motifs is 6. The van der Waals surface area contributed by atoms with Crippen LogP contribution in [-0.2, 0) is 0 Å². The van der Waals surface area contributed by atoms with Crippen molar-refractivity contribution >= 4 is 60.5 Å². The number of anilines is 3. The van der Waals surface area contributed by atoms with E-state index in [9.17, 15) is 5.48 Å². The normalized spacial score (nSPS) is 12.4. The molecular weight excluding hydrogens is 703 g/mol. The predicted octanol–water partition coefficient (Wildman–Crippen LogP) is 16.0. The van der Waals surface area contributed by atoms with Crippen LogP contribution in [0.4, 0.5) is 17.1 Å². The fourth-order valence-electron chi connectivity index (χ4n) is 8.31. The topological polar surface area (TPSA) is 16.4 Å². The Morgan fingerprint density at radius 2 is 0.845 bits per heavy atom. The van der Waals surface area contributed by atoms with Crippen LogP contribution in [0.3, 0.4) is 0 Å². The van der Waals surface area contributed by atoms with Gasteiger partial charge in [-0.25, -0.2) is 0 Å². The van der Waals surface area contributed by atoms with Crippen LogP contribution in [0.1, 0.15) is 5.48 Å². The van der Waals surface area contributed by atoms with E-state index in [4.69, 9.17) is 4.42 Å². The van der Waals surface area contributed by atoms with Crippen molar-refractivity contribution in [3.8, 4) is 44.5 Å². The Balaban J connectivity index is 1.09. The second-order valence-corrected chi connectivity index (χ2v) is 14.5. The number of hydrogen-bond acceptors (Lipinski definition) is 2. The highest BCUT2D eigenvalue weighted by Gasteiger charge is 2.21. The molecule has 0 unspecified atom stereocenters. The first-order valence-corrected chi connectivity index (χ1v) is 19.5. The maximum atomic E-state index is 9.70. The predicted molar refractivity (Wildman–Crippen MR) is 245 cm³/mol. The van der Waals surface area contributed by atoms with Crippen molar-refractivity contribution in [1.29, 1.82) is 0 Å². The van der Waals surface area contributed by atoms with Crippen LogP contribution >= 0.6 is 0 Å². The second kappa shape index (κ2) is 14.1. The molecule has 0 amide bonds. The Bertz CT molecular complexity index is 3470. The molecule has 1 heterocycles. The molecule has 2 nitrogen and oxygen atoms in total. The zero-order valence-corrected chi connectivity index (χ0v) is 31.4. The highest BCUT2D eigenvalue weighted by Crippen LogP contribution is 2.45. The Kier molecular flexibility index (Phi) is 7.20. The molecule has 272 valence electrons. The summed E-state index contributed by atoms with van der Waals surface area (Å²) < 4.78 is 45.3. The number of hydrogen-bond donors (Lipinski definition) is 0. The summed E-state index contributed by atoms with van der Waals surface area (Å²) >= 11 is 0. The van der Waals surface area contributed by atoms with Crippen molar-refractivity contribution in [2.75, 3.05) is 4.90 Å². The minimum atomic E-state index is -0.144. The molecule has 58 heavy (non-hydrogen) atoms. The van der Waals surface area contributed by atoms with Gasteiger partial charge in [-0.2, -0.15) is 0 Å². The van der Waals surface area contributed by atoms with E-state index in [2.05, 4.69) is 66.7 Å². The van der Waals surface area contributed by atoms with E-state index in [1.165, 1.54) is 0 Å². The largest absolute Gasteiger partial charge is 0.455 e. The van der Waals surface area contributed by atoms with E-state index in [-0.39, 0.29) is 35.4 Å². The minimum absolute atomic E-state index is 0.117. The fourth-order valence-corrected chi connectivity index (χ4v) is 8.31. The van der Waals surface area contributed by atoms with E-state index >= 15 is 0 Å². The summed E-state index contributed by atoms with van der Waals surface area (Å²) in [6, 6.07) is 66.5. The molecule has 2 heteroatoms. The van der Waals surface area contributed by atoms with Crippen LogP contribution in [0.2, 0.25) is 0 Å². The van der Waals surface area contributed by atoms with Crippen molar-refractivity contribution in [2.24, 2.45) is 0 Å². The van der Waals surface area contributed by atoms with Crippen LogP contribution in [0, 0.1) is 0 Å². The van der Waals surface area contributed by atoms with Crippen LogP contribution in [-0.4, -0.2) is 0 Å². The summed E-state index contributed by atoms with van der Waals surface area (Å²) in [5.41, 5.74) is 9.78. The van der Waals surface area contributed by atoms with Crippen molar-refractivity contribution in [2.45, 2.75) is 0 Å². The monoisotopic (exact) mass is 743 g/mol. The zero-order valence-electron chi connectivity index (χ0n) is 35.4. The van der Waals surface area contributed by atoms with Gasteiger partial charge in [-0.05, 0) is 85.9 Å². The van der Waals surface area contributed by atoms with E-state index in [0.29, 0.717) is 16.9 Å². The molecule has 0 aliphatic rings. The van der Waals surface area contributed by atoms with Gasteiger partial charge in [0.2, 0.25) is 0 Å². The Morgan fingerprint density at radius 1 is 0.310 bits per heavy atom. The molecule has 10 aromatic carbocycles. The molecule has 0 fully saturated rings. The molecule has 0 spiro atoms. The average Bonchev–Trinajstić information content (AvgIpc) is 3.73. The number of nitrogens with zero attached hydrogens (tertiary/aromatic N) is 1. The molecule has 11 rings (SSSR count). The Hall–Kier alpha value is -7.68. The molecule has 0 aliphatic heterocycles. The highest BCUT2D eigenvalue weighted by molar-refractivity contribution is 6.17. The quantitative estimate of drug-likeness (QED) is 0.162. The number of benzene rings is 10. The van der Waals surface area contributed by atoms with Gasteiger partial charge in [0.05, 0.1) is 11.2 Å². The lowest BCUT2D eigenvalue weighted by Crippen LogP contribution is -2.11. The first-order chi connectivity index (χ1) is 30.4. The summed E-state index contributed by atoms with van der Waals surface area (Å²) in [5.74, 6) is 0. The van der Waals surface area contributed by atoms with Gasteiger partial charge in [0.1, 0.15) is 11.2 Å². The summed E-state index contributed by atoms with van der Waals surface area (Å²) in [4.78, 5) is 1.87. The highest BCUT2D eigenvalue weighted by atomic mass is 16.3. The lowest BCUT2D eigenvalue weighted by molar-refractivity contribution is 0.674. The third-order valence-corrected chi connectivity index (χ3v) is 11.2. The fraction of sp³-hybridized carbons (Fsp3) is 0. The summed E-state index contributed by atoms with van der Waals surface area (Å²) in [6.07, 6.45) is 0. The molecule has 0 saturated carbocycles. The standard InChI is InChI=1S/C56H37NO/c1-2-12-38(13-3-1)40-28-33-45(34-29-40)57(46-35-30-41(31-36-46)39-24-26-44(27-25-39)48-20-10-16-42-14-4-6-17-47(42)48)54-23-9-8-19-50(54)51-21-11-22-52-53-37-32-43-15-5-7-18-49(43)55(53)58-56(51)52/h1-37H/i30D,31D,35D,36D. The van der Waals surface area contributed by atoms with Gasteiger partial charge in [-0.3, -0.25) is 0 Å². The van der Waals surface area contributed by atoms with Gasteiger partial charge in [-0.15, -0.1) is 0 Å². The molecule has 1 aromatic heterocycles.